The topological polar surface area (TPSA) is 66.8 Å². The van der Waals surface area contributed by atoms with Gasteiger partial charge in [-0.05, 0) is 54.2 Å². The van der Waals surface area contributed by atoms with Gasteiger partial charge in [0.05, 0.1) is 12.5 Å². The van der Waals surface area contributed by atoms with Crippen molar-refractivity contribution in [3.8, 4) is 0 Å². The zero-order valence-corrected chi connectivity index (χ0v) is 19.0. The van der Waals surface area contributed by atoms with Crippen molar-refractivity contribution in [2.75, 3.05) is 6.54 Å². The number of ether oxygens (including phenoxy) is 1. The fourth-order valence-electron chi connectivity index (χ4n) is 3.89. The summed E-state index contributed by atoms with van der Waals surface area (Å²) in [6.07, 6.45) is 0.121. The van der Waals surface area contributed by atoms with E-state index in [9.17, 15) is 14.7 Å². The molecule has 0 bridgehead atoms. The van der Waals surface area contributed by atoms with Crippen LogP contribution in [0.25, 0.3) is 0 Å². The molecule has 1 amide bonds. The van der Waals surface area contributed by atoms with E-state index in [0.717, 1.165) is 28.4 Å². The molecule has 8 heteroatoms. The number of carbonyl (C=O) groups is 2. The summed E-state index contributed by atoms with van der Waals surface area (Å²) in [7, 11) is 0. The molecule has 1 aliphatic heterocycles. The molecule has 3 atom stereocenters. The van der Waals surface area contributed by atoms with Crippen LogP contribution >= 0.6 is 39.1 Å². The number of amides is 1. The number of morpholine rings is 1. The highest BCUT2D eigenvalue weighted by Gasteiger charge is 2.46. The molecule has 30 heavy (non-hydrogen) atoms. The summed E-state index contributed by atoms with van der Waals surface area (Å²) in [6.45, 7) is 0.565. The van der Waals surface area contributed by atoms with Gasteiger partial charge < -0.3 is 14.7 Å². The predicted molar refractivity (Wildman–Crippen MR) is 118 cm³/mol. The normalized spacial score (nSPS) is 24.2. The first-order valence-electron chi connectivity index (χ1n) is 9.71. The first kappa shape index (κ1) is 21.6. The van der Waals surface area contributed by atoms with Crippen molar-refractivity contribution in [3.63, 3.8) is 0 Å². The minimum atomic E-state index is -1.07. The monoisotopic (exact) mass is 511 g/mol. The Morgan fingerprint density at radius 1 is 1.17 bits per heavy atom. The fourth-order valence-corrected chi connectivity index (χ4v) is 5.00. The van der Waals surface area contributed by atoms with Crippen LogP contribution in [0.2, 0.25) is 10.0 Å². The second-order valence-electron chi connectivity index (χ2n) is 7.74. The summed E-state index contributed by atoms with van der Waals surface area (Å²) in [6, 6.07) is 12.3. The van der Waals surface area contributed by atoms with Crippen LogP contribution in [0.1, 0.15) is 42.5 Å². The maximum atomic E-state index is 13.3. The van der Waals surface area contributed by atoms with Gasteiger partial charge in [0, 0.05) is 21.1 Å². The smallest absolute Gasteiger partial charge is 0.306 e. The van der Waals surface area contributed by atoms with Crippen LogP contribution in [-0.4, -0.2) is 34.5 Å². The zero-order valence-electron chi connectivity index (χ0n) is 15.9. The van der Waals surface area contributed by atoms with E-state index in [2.05, 4.69) is 15.9 Å². The third-order valence-electron chi connectivity index (χ3n) is 5.46. The Kier molecular flexibility index (Phi) is 6.39. The van der Waals surface area contributed by atoms with E-state index in [4.69, 9.17) is 27.9 Å². The van der Waals surface area contributed by atoms with Crippen LogP contribution in [0.15, 0.2) is 46.9 Å². The lowest BCUT2D eigenvalue weighted by Gasteiger charge is -2.45. The number of aliphatic carboxylic acids is 1. The summed E-state index contributed by atoms with van der Waals surface area (Å²) >= 11 is 16.0. The van der Waals surface area contributed by atoms with Gasteiger partial charge in [-0.2, -0.15) is 0 Å². The second kappa shape index (κ2) is 8.87. The highest BCUT2D eigenvalue weighted by molar-refractivity contribution is 9.10. The molecule has 0 unspecified atom stereocenters. The van der Waals surface area contributed by atoms with E-state index in [1.54, 1.807) is 29.2 Å². The van der Waals surface area contributed by atoms with Crippen molar-refractivity contribution in [1.82, 2.24) is 4.90 Å². The van der Waals surface area contributed by atoms with E-state index >= 15 is 0 Å². The van der Waals surface area contributed by atoms with Crippen LogP contribution in [-0.2, 0) is 14.3 Å². The maximum Gasteiger partial charge on any atom is 0.306 e. The second-order valence-corrected chi connectivity index (χ2v) is 9.47. The van der Waals surface area contributed by atoms with Crippen molar-refractivity contribution >= 4 is 51.0 Å². The number of carboxylic acid groups (broad SMARTS) is 1. The molecule has 4 rings (SSSR count). The molecule has 1 aliphatic carbocycles. The largest absolute Gasteiger partial charge is 0.481 e. The van der Waals surface area contributed by atoms with E-state index < -0.39 is 24.2 Å². The minimum absolute atomic E-state index is 0.297. The Morgan fingerprint density at radius 3 is 2.53 bits per heavy atom. The molecule has 2 aliphatic rings. The third kappa shape index (κ3) is 4.67. The average molecular weight is 513 g/mol. The van der Waals surface area contributed by atoms with Crippen LogP contribution in [0.4, 0.5) is 0 Å². The molecule has 1 N–H and O–H groups in total. The van der Waals surface area contributed by atoms with Crippen molar-refractivity contribution in [1.29, 1.82) is 0 Å². The molecule has 1 saturated heterocycles. The van der Waals surface area contributed by atoms with Gasteiger partial charge in [-0.25, -0.2) is 0 Å². The molecule has 2 aromatic carbocycles. The first-order chi connectivity index (χ1) is 14.3. The maximum absolute atomic E-state index is 13.3. The van der Waals surface area contributed by atoms with E-state index in [1.807, 2.05) is 18.2 Å². The number of halogens is 3. The average Bonchev–Trinajstić information content (AvgIpc) is 3.49. The van der Waals surface area contributed by atoms with Crippen molar-refractivity contribution < 1.29 is 19.4 Å². The van der Waals surface area contributed by atoms with Crippen molar-refractivity contribution in [2.45, 2.75) is 37.5 Å². The summed E-state index contributed by atoms with van der Waals surface area (Å²) in [4.78, 5) is 26.5. The van der Waals surface area contributed by atoms with Crippen LogP contribution in [0.5, 0.6) is 0 Å². The molecule has 5 nitrogen and oxygen atoms in total. The van der Waals surface area contributed by atoms with E-state index in [0.29, 0.717) is 22.5 Å². The number of hydrogen-bond donors (Lipinski definition) is 1. The Morgan fingerprint density at radius 2 is 1.90 bits per heavy atom. The molecular formula is C22H20BrCl2NO4. The van der Waals surface area contributed by atoms with E-state index in [-0.39, 0.29) is 12.3 Å². The number of carboxylic acids is 1. The van der Waals surface area contributed by atoms with Gasteiger partial charge in [-0.15, -0.1) is 0 Å². The predicted octanol–water partition coefficient (Wildman–Crippen LogP) is 5.65. The molecule has 1 saturated carbocycles. The number of rotatable bonds is 6. The minimum Gasteiger partial charge on any atom is -0.481 e. The van der Waals surface area contributed by atoms with Gasteiger partial charge >= 0.3 is 5.97 Å². The van der Waals surface area contributed by atoms with Crippen LogP contribution in [0, 0.1) is 5.92 Å². The van der Waals surface area contributed by atoms with Gasteiger partial charge in [0.1, 0.15) is 12.2 Å². The zero-order chi connectivity index (χ0) is 21.4. The van der Waals surface area contributed by atoms with Gasteiger partial charge in [0.2, 0.25) is 0 Å². The highest BCUT2D eigenvalue weighted by Crippen LogP contribution is 2.47. The summed E-state index contributed by atoms with van der Waals surface area (Å²) < 4.78 is 6.92. The van der Waals surface area contributed by atoms with Crippen molar-refractivity contribution in [2.24, 2.45) is 5.92 Å². The standard InChI is InChI=1S/C22H20BrCl2NO4/c23-17-9-15(25)6-7-16(17)20-21(13-2-1-3-14(24)8-13)30-18(10-19(27)28)22(29)26(20)11-12-4-5-12/h1-3,6-9,12,18,20-21H,4-5,10-11H2,(H,27,28)/t18-,20+,21+/m0/s1. The van der Waals surface area contributed by atoms with Crippen molar-refractivity contribution in [3.05, 3.63) is 68.1 Å². The first-order valence-corrected chi connectivity index (χ1v) is 11.3. The van der Waals surface area contributed by atoms with Gasteiger partial charge in [-0.3, -0.25) is 9.59 Å². The summed E-state index contributed by atoms with van der Waals surface area (Å²) in [5, 5.41) is 10.4. The molecule has 0 spiro atoms. The molecular weight excluding hydrogens is 493 g/mol. The molecule has 2 fully saturated rings. The SMILES string of the molecule is O=C(O)C[C@@H]1O[C@H](c2cccc(Cl)c2)[C@@H](c2ccc(Cl)cc2Br)N(CC2CC2)C1=O. The number of carbonyl (C=O) groups excluding carboxylic acids is 1. The van der Waals surface area contributed by atoms with Gasteiger partial charge in [-0.1, -0.05) is 57.3 Å². The van der Waals surface area contributed by atoms with Gasteiger partial charge in [0.25, 0.3) is 5.91 Å². The van der Waals surface area contributed by atoms with E-state index in [1.165, 1.54) is 0 Å². The molecule has 2 aromatic rings. The fraction of sp³-hybridized carbons (Fsp3) is 0.364. The lowest BCUT2D eigenvalue weighted by atomic mass is 9.91. The van der Waals surface area contributed by atoms with Crippen LogP contribution in [0.3, 0.4) is 0 Å². The van der Waals surface area contributed by atoms with Crippen LogP contribution < -0.4 is 0 Å². The lowest BCUT2D eigenvalue weighted by Crippen LogP contribution is -2.52. The molecule has 1 heterocycles. The number of nitrogens with zero attached hydrogens (tertiary/aromatic N) is 1. The Balaban J connectivity index is 1.82. The third-order valence-corrected chi connectivity index (χ3v) is 6.62. The molecule has 158 valence electrons. The Hall–Kier alpha value is -1.60. The highest BCUT2D eigenvalue weighted by atomic mass is 79.9. The summed E-state index contributed by atoms with van der Waals surface area (Å²) in [5.74, 6) is -0.948. The lowest BCUT2D eigenvalue weighted by molar-refractivity contribution is -0.179. The molecule has 0 radical (unpaired) electrons. The molecule has 0 aromatic heterocycles. The quantitative estimate of drug-likeness (QED) is 0.543. The number of hydrogen-bond acceptors (Lipinski definition) is 3. The Labute approximate surface area is 193 Å². The summed E-state index contributed by atoms with van der Waals surface area (Å²) in [5.41, 5.74) is 1.64. The van der Waals surface area contributed by atoms with Gasteiger partial charge in [0.15, 0.2) is 0 Å². The Bertz CT molecular complexity index is 981. The number of benzene rings is 2.